The molecule has 0 bridgehead atoms. The highest BCUT2D eigenvalue weighted by Crippen LogP contribution is 2.54. The van der Waals surface area contributed by atoms with Gasteiger partial charge in [0.05, 0.1) is 19.8 Å². The molecular formula is C32H42NO4. The molecule has 0 heterocycles. The number of aryl methyl sites for hydroxylation is 1. The predicted molar refractivity (Wildman–Crippen MR) is 147 cm³/mol. The number of rotatable bonds is 12. The number of methoxy groups -OCH3 is 2. The normalized spacial score (nSPS) is 24.6. The highest BCUT2D eigenvalue weighted by Gasteiger charge is 2.51. The van der Waals surface area contributed by atoms with Gasteiger partial charge in [0.25, 0.3) is 0 Å². The van der Waals surface area contributed by atoms with Crippen molar-refractivity contribution in [3.8, 4) is 17.6 Å². The summed E-state index contributed by atoms with van der Waals surface area (Å²) in [5.41, 5.74) is 3.24. The van der Waals surface area contributed by atoms with Gasteiger partial charge in [0, 0.05) is 39.3 Å². The van der Waals surface area contributed by atoms with Crippen molar-refractivity contribution in [3.63, 3.8) is 0 Å². The van der Waals surface area contributed by atoms with E-state index in [1.807, 2.05) is 13.0 Å². The minimum absolute atomic E-state index is 0.0213. The van der Waals surface area contributed by atoms with Gasteiger partial charge < -0.3 is 19.3 Å². The quantitative estimate of drug-likeness (QED) is 0.421. The average molecular weight is 505 g/mol. The topological polar surface area (TPSA) is 51.2 Å². The van der Waals surface area contributed by atoms with Crippen LogP contribution in [0.2, 0.25) is 0 Å². The molecule has 0 spiro atoms. The lowest BCUT2D eigenvalue weighted by molar-refractivity contribution is -0.0143. The second kappa shape index (κ2) is 12.9. The van der Waals surface area contributed by atoms with E-state index in [2.05, 4.69) is 59.2 Å². The first-order valence-electron chi connectivity index (χ1n) is 13.6. The Kier molecular flexibility index (Phi) is 9.67. The van der Waals surface area contributed by atoms with Crippen LogP contribution < -0.4 is 4.74 Å². The van der Waals surface area contributed by atoms with Crippen molar-refractivity contribution in [2.45, 2.75) is 63.0 Å². The Morgan fingerprint density at radius 2 is 1.81 bits per heavy atom. The second-order valence-corrected chi connectivity index (χ2v) is 10.6. The highest BCUT2D eigenvalue weighted by molar-refractivity contribution is 5.39. The Morgan fingerprint density at radius 1 is 1.05 bits per heavy atom. The van der Waals surface area contributed by atoms with E-state index in [0.29, 0.717) is 32.2 Å². The smallest absolute Gasteiger partial charge is 0.125 e. The third kappa shape index (κ3) is 6.75. The van der Waals surface area contributed by atoms with E-state index < -0.39 is 5.60 Å². The summed E-state index contributed by atoms with van der Waals surface area (Å²) in [7, 11) is 3.47. The Hall–Kier alpha value is -2.36. The first kappa shape index (κ1) is 27.7. The largest absolute Gasteiger partial charge is 0.494 e. The van der Waals surface area contributed by atoms with Crippen molar-refractivity contribution in [2.75, 3.05) is 47.1 Å². The van der Waals surface area contributed by atoms with Crippen LogP contribution in [0.15, 0.2) is 42.5 Å². The number of ether oxygens (including phenoxy) is 3. The molecule has 0 saturated heterocycles. The fraction of sp³-hybridized carbons (Fsp3) is 0.562. The van der Waals surface area contributed by atoms with E-state index in [4.69, 9.17) is 14.2 Å². The lowest BCUT2D eigenvalue weighted by atomic mass is 9.53. The lowest BCUT2D eigenvalue weighted by Crippen LogP contribution is -2.50. The molecule has 2 aromatic rings. The van der Waals surface area contributed by atoms with Gasteiger partial charge in [-0.15, -0.1) is 5.92 Å². The monoisotopic (exact) mass is 504 g/mol. The summed E-state index contributed by atoms with van der Waals surface area (Å²) in [6, 6.07) is 18.2. The molecule has 3 unspecified atom stereocenters. The minimum atomic E-state index is -0.863. The molecule has 4 rings (SSSR count). The van der Waals surface area contributed by atoms with E-state index in [1.165, 1.54) is 16.7 Å². The molecule has 1 saturated carbocycles. The summed E-state index contributed by atoms with van der Waals surface area (Å²) in [5.74, 6) is 7.37. The van der Waals surface area contributed by atoms with Crippen molar-refractivity contribution in [1.29, 1.82) is 0 Å². The fourth-order valence-corrected chi connectivity index (χ4v) is 6.38. The van der Waals surface area contributed by atoms with Gasteiger partial charge in [-0.3, -0.25) is 4.90 Å². The van der Waals surface area contributed by atoms with Crippen LogP contribution in [0.3, 0.4) is 0 Å². The molecule has 1 fully saturated rings. The van der Waals surface area contributed by atoms with E-state index in [1.54, 1.807) is 14.2 Å². The van der Waals surface area contributed by atoms with E-state index in [0.717, 1.165) is 57.5 Å². The fourth-order valence-electron chi connectivity index (χ4n) is 6.38. The molecule has 2 aliphatic rings. The van der Waals surface area contributed by atoms with Crippen LogP contribution in [0.25, 0.3) is 0 Å². The molecule has 1 radical (unpaired) electrons. The van der Waals surface area contributed by atoms with Crippen molar-refractivity contribution < 1.29 is 19.3 Å². The average Bonchev–Trinajstić information content (AvgIpc) is 2.91. The third-order valence-corrected chi connectivity index (χ3v) is 8.33. The molecule has 0 aromatic heterocycles. The van der Waals surface area contributed by atoms with Crippen LogP contribution in [-0.4, -0.2) is 62.7 Å². The molecular weight excluding hydrogens is 462 g/mol. The maximum atomic E-state index is 11.1. The van der Waals surface area contributed by atoms with Gasteiger partial charge in [-0.1, -0.05) is 36.3 Å². The molecule has 0 aliphatic heterocycles. The Bertz CT molecular complexity index is 1050. The summed E-state index contributed by atoms with van der Waals surface area (Å²) in [5, 5.41) is 11.1. The maximum absolute atomic E-state index is 11.1. The van der Waals surface area contributed by atoms with E-state index in [-0.39, 0.29) is 5.41 Å². The zero-order valence-corrected chi connectivity index (χ0v) is 22.7. The maximum Gasteiger partial charge on any atom is 0.125 e. The summed E-state index contributed by atoms with van der Waals surface area (Å²) in [4.78, 5) is 2.34. The van der Waals surface area contributed by atoms with Crippen molar-refractivity contribution in [3.05, 3.63) is 65.2 Å². The number of fused-ring (bicyclic) bond motifs is 3. The molecule has 3 atom stereocenters. The highest BCUT2D eigenvalue weighted by atomic mass is 16.5. The van der Waals surface area contributed by atoms with Crippen LogP contribution in [-0.2, 0) is 27.9 Å². The number of aliphatic hydroxyl groups is 1. The number of hydrogen-bond donors (Lipinski definition) is 1. The molecule has 199 valence electrons. The van der Waals surface area contributed by atoms with Crippen molar-refractivity contribution in [1.82, 2.24) is 4.90 Å². The van der Waals surface area contributed by atoms with Gasteiger partial charge in [-0.05, 0) is 86.3 Å². The molecule has 2 aliphatic carbocycles. The predicted octanol–water partition coefficient (Wildman–Crippen LogP) is 4.79. The molecule has 5 nitrogen and oxygen atoms in total. The second-order valence-electron chi connectivity index (χ2n) is 10.6. The Balaban J connectivity index is 1.41. The molecule has 0 amide bonds. The van der Waals surface area contributed by atoms with Crippen LogP contribution in [0.4, 0.5) is 0 Å². The standard InChI is InChI=1S/C32H42NO4/c1-4-15-31(34)16-17-32(28(24-31)12-11-27-7-5-6-8-30(27)32)18-21-37-29-13-9-26(10-14-29)25-33(19-22-35-2)20-23-36-3/h6-10,13-14,28,34H,11-12,16-25H2,1-3H3. The first-order chi connectivity index (χ1) is 18.0. The molecule has 37 heavy (non-hydrogen) atoms. The zero-order valence-electron chi connectivity index (χ0n) is 22.7. The first-order valence-corrected chi connectivity index (χ1v) is 13.6. The summed E-state index contributed by atoms with van der Waals surface area (Å²) >= 11 is 0. The number of nitrogens with zero attached hydrogens (tertiary/aromatic N) is 1. The zero-order chi connectivity index (χ0) is 26.1. The summed E-state index contributed by atoms with van der Waals surface area (Å²) in [6.45, 7) is 6.49. The van der Waals surface area contributed by atoms with Gasteiger partial charge >= 0.3 is 0 Å². The SMILES string of the molecule is CC#CC1(O)CCC2(CCOc3ccc(CN(CCOC)CCOC)cc3)c3cc[c]cc3CCC2C1. The number of benzene rings is 2. The Labute approximate surface area is 223 Å². The Morgan fingerprint density at radius 3 is 2.51 bits per heavy atom. The minimum Gasteiger partial charge on any atom is -0.494 e. The molecule has 5 heteroatoms. The third-order valence-electron chi connectivity index (χ3n) is 8.33. The van der Waals surface area contributed by atoms with E-state index in [9.17, 15) is 5.11 Å². The van der Waals surface area contributed by atoms with Crippen LogP contribution >= 0.6 is 0 Å². The van der Waals surface area contributed by atoms with Gasteiger partial charge in [-0.2, -0.15) is 0 Å². The van der Waals surface area contributed by atoms with Gasteiger partial charge in [0.1, 0.15) is 11.4 Å². The van der Waals surface area contributed by atoms with E-state index >= 15 is 0 Å². The van der Waals surface area contributed by atoms with Gasteiger partial charge in [0.15, 0.2) is 0 Å². The summed E-state index contributed by atoms with van der Waals surface area (Å²) in [6.07, 6.45) is 5.44. The van der Waals surface area contributed by atoms with Crippen molar-refractivity contribution in [2.24, 2.45) is 5.92 Å². The van der Waals surface area contributed by atoms with Crippen LogP contribution in [0, 0.1) is 23.8 Å². The molecule has 1 N–H and O–H groups in total. The van der Waals surface area contributed by atoms with Crippen molar-refractivity contribution >= 4 is 0 Å². The van der Waals surface area contributed by atoms with Gasteiger partial charge in [-0.25, -0.2) is 0 Å². The summed E-state index contributed by atoms with van der Waals surface area (Å²) < 4.78 is 16.8. The lowest BCUT2D eigenvalue weighted by Gasteiger charge is -2.52. The van der Waals surface area contributed by atoms with Crippen LogP contribution in [0.5, 0.6) is 5.75 Å². The van der Waals surface area contributed by atoms with Crippen LogP contribution in [0.1, 0.15) is 55.7 Å². The number of hydrogen-bond acceptors (Lipinski definition) is 5. The molecule has 2 aromatic carbocycles. The van der Waals surface area contributed by atoms with Gasteiger partial charge in [0.2, 0.25) is 0 Å².